The highest BCUT2D eigenvalue weighted by Crippen LogP contribution is 2.38. The van der Waals surface area contributed by atoms with Crippen LogP contribution in [-0.4, -0.2) is 23.2 Å². The van der Waals surface area contributed by atoms with Crippen LogP contribution in [0.1, 0.15) is 5.56 Å². The summed E-state index contributed by atoms with van der Waals surface area (Å²) in [5.74, 6) is 0. The number of thioether (sulfide) groups is 1. The maximum atomic E-state index is 11.9. The van der Waals surface area contributed by atoms with E-state index in [1.165, 1.54) is 0 Å². The Morgan fingerprint density at radius 3 is 2.10 bits per heavy atom. The third-order valence-corrected chi connectivity index (χ3v) is 4.57. The summed E-state index contributed by atoms with van der Waals surface area (Å²) in [6.45, 7) is 0. The number of amides is 2. The maximum absolute atomic E-state index is 11.9. The van der Waals surface area contributed by atoms with Crippen molar-refractivity contribution in [1.29, 1.82) is 0 Å². The van der Waals surface area contributed by atoms with Crippen molar-refractivity contribution < 1.29 is 14.1 Å². The van der Waals surface area contributed by atoms with E-state index in [2.05, 4.69) is 12.1 Å². The fourth-order valence-electron chi connectivity index (χ4n) is 2.32. The second kappa shape index (κ2) is 5.31. The first kappa shape index (κ1) is 13.8. The molecule has 2 aromatic rings. The van der Waals surface area contributed by atoms with Gasteiger partial charge in [-0.05, 0) is 23.3 Å². The van der Waals surface area contributed by atoms with Crippen molar-refractivity contribution >= 4 is 29.1 Å². The minimum Gasteiger partial charge on any atom is -0.233 e. The number of rotatable bonds is 3. The number of carbonyl (C=O) groups is 2. The number of hydrogen-bond acceptors (Lipinski definition) is 3. The first-order valence-corrected chi connectivity index (χ1v) is 7.43. The predicted molar refractivity (Wildman–Crippen MR) is 85.1 cm³/mol. The van der Waals surface area contributed by atoms with Crippen molar-refractivity contribution in [1.82, 2.24) is 0 Å². The first-order valence-electron chi connectivity index (χ1n) is 6.55. The Kier molecular flexibility index (Phi) is 3.49. The van der Waals surface area contributed by atoms with Crippen molar-refractivity contribution in [3.05, 3.63) is 65.6 Å². The van der Waals surface area contributed by atoms with Gasteiger partial charge >= 0.3 is 11.6 Å². The Labute approximate surface area is 127 Å². The van der Waals surface area contributed by atoms with Crippen molar-refractivity contribution in [2.75, 3.05) is 7.05 Å². The molecule has 0 saturated carbocycles. The molecule has 1 aliphatic heterocycles. The number of imide groups is 1. The molecule has 0 N–H and O–H groups in total. The van der Waals surface area contributed by atoms with Gasteiger partial charge in [-0.2, -0.15) is 4.48 Å². The molecule has 21 heavy (non-hydrogen) atoms. The first-order chi connectivity index (χ1) is 10.1. The van der Waals surface area contributed by atoms with E-state index < -0.39 is 0 Å². The Balaban J connectivity index is 1.96. The highest BCUT2D eigenvalue weighted by molar-refractivity contribution is 8.16. The van der Waals surface area contributed by atoms with Crippen LogP contribution in [0.2, 0.25) is 0 Å². The molecule has 104 valence electrons. The third-order valence-electron chi connectivity index (χ3n) is 3.65. The van der Waals surface area contributed by atoms with E-state index in [-0.39, 0.29) is 9.72 Å². The van der Waals surface area contributed by atoms with Gasteiger partial charge in [-0.15, -0.1) is 0 Å². The zero-order valence-electron chi connectivity index (χ0n) is 11.5. The van der Waals surface area contributed by atoms with Gasteiger partial charge in [0.2, 0.25) is 0 Å². The van der Waals surface area contributed by atoms with Crippen molar-refractivity contribution in [2.24, 2.45) is 0 Å². The summed E-state index contributed by atoms with van der Waals surface area (Å²) >= 11 is 1.07. The van der Waals surface area contributed by atoms with Crippen LogP contribution in [0.25, 0.3) is 16.8 Å². The fraction of sp³-hybridized carbons (Fsp3) is 0.0588. The van der Waals surface area contributed by atoms with Crippen molar-refractivity contribution in [3.63, 3.8) is 0 Å². The third kappa shape index (κ3) is 2.33. The van der Waals surface area contributed by atoms with Gasteiger partial charge in [-0.25, -0.2) is 9.59 Å². The van der Waals surface area contributed by atoms with Crippen molar-refractivity contribution in [3.8, 4) is 11.1 Å². The van der Waals surface area contributed by atoms with Crippen LogP contribution in [0.3, 0.4) is 0 Å². The molecular formula is C17H14NO2S+. The molecule has 4 heteroatoms. The molecule has 3 rings (SSSR count). The summed E-state index contributed by atoms with van der Waals surface area (Å²) in [6.07, 6.45) is 0.680. The zero-order chi connectivity index (χ0) is 14.9. The SMILES string of the molecule is C[N+]1(C=O)C(=O)SC=C1c1ccc(-c2ccccc2)cc1. The summed E-state index contributed by atoms with van der Waals surface area (Å²) in [4.78, 5) is 23.2. The number of quaternary nitrogens is 1. The highest BCUT2D eigenvalue weighted by atomic mass is 32.2. The lowest BCUT2D eigenvalue weighted by atomic mass is 10.0. The molecule has 1 heterocycles. The molecule has 2 aromatic carbocycles. The van der Waals surface area contributed by atoms with Gasteiger partial charge in [0.05, 0.1) is 7.05 Å². The smallest absolute Gasteiger partial charge is 0.233 e. The van der Waals surface area contributed by atoms with E-state index in [0.717, 1.165) is 34.1 Å². The highest BCUT2D eigenvalue weighted by Gasteiger charge is 2.43. The maximum Gasteiger partial charge on any atom is 0.391 e. The lowest BCUT2D eigenvalue weighted by Gasteiger charge is -2.20. The molecule has 3 nitrogen and oxygen atoms in total. The van der Waals surface area contributed by atoms with Gasteiger partial charge < -0.3 is 0 Å². The van der Waals surface area contributed by atoms with Gasteiger partial charge in [0.1, 0.15) is 0 Å². The molecule has 0 aliphatic carbocycles. The average molecular weight is 296 g/mol. The van der Waals surface area contributed by atoms with E-state index in [9.17, 15) is 9.59 Å². The summed E-state index contributed by atoms with van der Waals surface area (Å²) < 4.78 is -0.310. The molecule has 2 amide bonds. The predicted octanol–water partition coefficient (Wildman–Crippen LogP) is 4.12. The van der Waals surface area contributed by atoms with E-state index in [1.54, 1.807) is 12.5 Å². The molecule has 0 saturated heterocycles. The van der Waals surface area contributed by atoms with Gasteiger partial charge in [0, 0.05) is 22.7 Å². The zero-order valence-corrected chi connectivity index (χ0v) is 12.3. The van der Waals surface area contributed by atoms with Gasteiger partial charge in [0.15, 0.2) is 5.70 Å². The van der Waals surface area contributed by atoms with Crippen LogP contribution < -0.4 is 0 Å². The molecule has 0 spiro atoms. The Hall–Kier alpha value is -2.17. The second-order valence-corrected chi connectivity index (χ2v) is 5.83. The molecule has 1 unspecified atom stereocenters. The van der Waals surface area contributed by atoms with E-state index in [4.69, 9.17) is 0 Å². The molecule has 1 atom stereocenters. The molecule has 1 aliphatic rings. The number of carbonyl (C=O) groups excluding carboxylic acids is 2. The topological polar surface area (TPSA) is 34.1 Å². The summed E-state index contributed by atoms with van der Waals surface area (Å²) in [5, 5.41) is 1.58. The van der Waals surface area contributed by atoms with Gasteiger partial charge in [0.25, 0.3) is 0 Å². The fourth-order valence-corrected chi connectivity index (χ4v) is 3.25. The van der Waals surface area contributed by atoms with Gasteiger partial charge in [-0.3, -0.25) is 0 Å². The normalized spacial score (nSPS) is 21.2. The minimum absolute atomic E-state index is 0.174. The van der Waals surface area contributed by atoms with Crippen molar-refractivity contribution in [2.45, 2.75) is 0 Å². The number of benzene rings is 2. The quantitative estimate of drug-likeness (QED) is 0.631. The van der Waals surface area contributed by atoms with Crippen LogP contribution in [-0.2, 0) is 4.79 Å². The average Bonchev–Trinajstić information content (AvgIpc) is 2.85. The van der Waals surface area contributed by atoms with Crippen LogP contribution >= 0.6 is 11.8 Å². The Morgan fingerprint density at radius 1 is 0.905 bits per heavy atom. The summed E-state index contributed by atoms with van der Waals surface area (Å²) in [7, 11) is 1.62. The van der Waals surface area contributed by atoms with E-state index >= 15 is 0 Å². The van der Waals surface area contributed by atoms with Gasteiger partial charge in [-0.1, -0.05) is 42.5 Å². The molecule has 0 fully saturated rings. The molecule has 0 bridgehead atoms. The molecule has 0 radical (unpaired) electrons. The summed E-state index contributed by atoms with van der Waals surface area (Å²) in [5.41, 5.74) is 3.86. The Morgan fingerprint density at radius 2 is 1.48 bits per heavy atom. The van der Waals surface area contributed by atoms with Crippen LogP contribution in [0.4, 0.5) is 4.79 Å². The monoisotopic (exact) mass is 296 g/mol. The van der Waals surface area contributed by atoms with Crippen LogP contribution in [0.5, 0.6) is 0 Å². The standard InChI is InChI=1S/C17H14NO2S/c1-18(12-19)16(11-21-17(18)20)15-9-7-14(8-10-15)13-5-3-2-4-6-13/h2-12H,1H3/q+1. The Bertz CT molecular complexity index is 722. The molecular weight excluding hydrogens is 282 g/mol. The van der Waals surface area contributed by atoms with E-state index in [0.29, 0.717) is 6.41 Å². The van der Waals surface area contributed by atoms with Crippen LogP contribution in [0.15, 0.2) is 60.0 Å². The van der Waals surface area contributed by atoms with E-state index in [1.807, 2.05) is 42.5 Å². The second-order valence-electron chi connectivity index (χ2n) is 5.01. The summed E-state index contributed by atoms with van der Waals surface area (Å²) in [6, 6.07) is 18.0. The lowest BCUT2D eigenvalue weighted by Crippen LogP contribution is -2.40. The van der Waals surface area contributed by atoms with Crippen LogP contribution in [0, 0.1) is 0 Å². The number of hydrogen-bond donors (Lipinski definition) is 0. The minimum atomic E-state index is -0.310. The largest absolute Gasteiger partial charge is 0.391 e. The lowest BCUT2D eigenvalue weighted by molar-refractivity contribution is -0.652. The molecule has 0 aromatic heterocycles. The number of nitrogens with zero attached hydrogens (tertiary/aromatic N) is 1.